The highest BCUT2D eigenvalue weighted by molar-refractivity contribution is 5.76. The molecule has 0 fully saturated rings. The lowest BCUT2D eigenvalue weighted by Gasteiger charge is -2.12. The fourth-order valence-corrected chi connectivity index (χ4v) is 0.879. The summed E-state index contributed by atoms with van der Waals surface area (Å²) in [5.41, 5.74) is 1.48. The zero-order valence-corrected chi connectivity index (χ0v) is 8.52. The van der Waals surface area contributed by atoms with Gasteiger partial charge in [0.25, 0.3) is 5.91 Å². The maximum atomic E-state index is 11.4. The molecule has 0 aromatic carbocycles. The number of likely N-dealkylation sites (N-methyl/N-ethyl adjacent to an activating group) is 1. The van der Waals surface area contributed by atoms with Crippen molar-refractivity contribution >= 4 is 5.91 Å². The average Bonchev–Trinajstić information content (AvgIpc) is 2.20. The van der Waals surface area contributed by atoms with E-state index in [4.69, 9.17) is 4.84 Å². The van der Waals surface area contributed by atoms with Gasteiger partial charge in [-0.3, -0.25) is 19.6 Å². The number of nitrogens with zero attached hydrogens (tertiary/aromatic N) is 3. The number of carbonyl (C=O) groups is 1. The first kappa shape index (κ1) is 10.6. The van der Waals surface area contributed by atoms with E-state index in [1.54, 1.807) is 19.4 Å². The third kappa shape index (κ3) is 2.77. The Bertz CT molecular complexity index is 310. The van der Waals surface area contributed by atoms with Crippen molar-refractivity contribution in [2.24, 2.45) is 0 Å². The number of rotatable bonds is 3. The molecule has 0 radical (unpaired) electrons. The highest BCUT2D eigenvalue weighted by Crippen LogP contribution is 1.98. The summed E-state index contributed by atoms with van der Waals surface area (Å²) in [6.45, 7) is 1.85. The van der Waals surface area contributed by atoms with Crippen molar-refractivity contribution in [3.8, 4) is 0 Å². The van der Waals surface area contributed by atoms with Gasteiger partial charge in [-0.25, -0.2) is 5.06 Å². The zero-order valence-electron chi connectivity index (χ0n) is 8.52. The lowest BCUT2D eigenvalue weighted by Crippen LogP contribution is -2.27. The minimum absolute atomic E-state index is 0.148. The number of aromatic nitrogens is 2. The molecule has 1 aromatic heterocycles. The first-order valence-electron chi connectivity index (χ1n) is 4.21. The van der Waals surface area contributed by atoms with E-state index in [0.29, 0.717) is 5.69 Å². The Morgan fingerprint density at radius 1 is 1.50 bits per heavy atom. The molecule has 5 nitrogen and oxygen atoms in total. The number of aryl methyl sites for hydroxylation is 1. The lowest BCUT2D eigenvalue weighted by atomic mass is 10.3. The van der Waals surface area contributed by atoms with Crippen LogP contribution in [0, 0.1) is 6.92 Å². The predicted molar refractivity (Wildman–Crippen MR) is 50.3 cm³/mol. The van der Waals surface area contributed by atoms with E-state index >= 15 is 0 Å². The summed E-state index contributed by atoms with van der Waals surface area (Å²) in [4.78, 5) is 24.2. The molecule has 1 aromatic rings. The Balaban J connectivity index is 2.60. The normalized spacial score (nSPS) is 9.93. The molecule has 0 atom stereocenters. The van der Waals surface area contributed by atoms with E-state index < -0.39 is 0 Å². The summed E-state index contributed by atoms with van der Waals surface area (Å²) in [6, 6.07) is 0. The molecule has 76 valence electrons. The Kier molecular flexibility index (Phi) is 3.53. The summed E-state index contributed by atoms with van der Waals surface area (Å²) in [5.74, 6) is -0.148. The van der Waals surface area contributed by atoms with Gasteiger partial charge in [0.05, 0.1) is 24.9 Å². The van der Waals surface area contributed by atoms with Crippen molar-refractivity contribution in [1.82, 2.24) is 15.0 Å². The minimum Gasteiger partial charge on any atom is -0.275 e. The van der Waals surface area contributed by atoms with E-state index in [1.165, 1.54) is 12.2 Å². The van der Waals surface area contributed by atoms with Gasteiger partial charge in [-0.1, -0.05) is 0 Å². The van der Waals surface area contributed by atoms with Crippen LogP contribution in [0.2, 0.25) is 0 Å². The van der Waals surface area contributed by atoms with E-state index in [9.17, 15) is 4.79 Å². The van der Waals surface area contributed by atoms with Gasteiger partial charge in [0, 0.05) is 19.4 Å². The topological polar surface area (TPSA) is 55.3 Å². The van der Waals surface area contributed by atoms with E-state index in [0.717, 1.165) is 5.69 Å². The number of hydrogen-bond donors (Lipinski definition) is 0. The van der Waals surface area contributed by atoms with Crippen molar-refractivity contribution in [2.45, 2.75) is 13.3 Å². The molecule has 0 aliphatic heterocycles. The molecule has 0 unspecified atom stereocenters. The monoisotopic (exact) mass is 195 g/mol. The van der Waals surface area contributed by atoms with Crippen LogP contribution in [0.15, 0.2) is 12.4 Å². The third-order valence-corrected chi connectivity index (χ3v) is 1.79. The molecule has 0 bridgehead atoms. The van der Waals surface area contributed by atoms with Gasteiger partial charge in [-0.2, -0.15) is 0 Å². The molecule has 14 heavy (non-hydrogen) atoms. The Labute approximate surface area is 82.7 Å². The molecule has 0 spiro atoms. The SMILES string of the molecule is CON(C)C(=O)Cc1cnc(C)cn1. The first-order chi connectivity index (χ1) is 6.63. The molecular weight excluding hydrogens is 182 g/mol. The molecule has 0 aliphatic rings. The first-order valence-corrected chi connectivity index (χ1v) is 4.21. The Morgan fingerprint density at radius 2 is 2.21 bits per heavy atom. The largest absolute Gasteiger partial charge is 0.275 e. The molecule has 1 rings (SSSR count). The molecule has 0 saturated heterocycles. The second kappa shape index (κ2) is 4.66. The van der Waals surface area contributed by atoms with Crippen LogP contribution in [0.1, 0.15) is 11.4 Å². The van der Waals surface area contributed by atoms with Crippen LogP contribution in [0.5, 0.6) is 0 Å². The van der Waals surface area contributed by atoms with Crippen LogP contribution in [0.25, 0.3) is 0 Å². The Hall–Kier alpha value is -1.49. The van der Waals surface area contributed by atoms with E-state index in [1.807, 2.05) is 6.92 Å². The number of hydroxylamine groups is 2. The maximum Gasteiger partial charge on any atom is 0.251 e. The number of hydrogen-bond acceptors (Lipinski definition) is 4. The fraction of sp³-hybridized carbons (Fsp3) is 0.444. The summed E-state index contributed by atoms with van der Waals surface area (Å²) < 4.78 is 0. The standard InChI is InChI=1S/C9H13N3O2/c1-7-5-11-8(6-10-7)4-9(13)12(2)14-3/h5-6H,4H2,1-3H3. The Morgan fingerprint density at radius 3 is 2.71 bits per heavy atom. The van der Waals surface area contributed by atoms with Gasteiger partial charge in [-0.15, -0.1) is 0 Å². The van der Waals surface area contributed by atoms with Crippen molar-refractivity contribution in [2.75, 3.05) is 14.2 Å². The number of amides is 1. The fourth-order valence-electron chi connectivity index (χ4n) is 0.879. The van der Waals surface area contributed by atoms with Gasteiger partial charge in [-0.05, 0) is 6.92 Å². The second-order valence-electron chi connectivity index (χ2n) is 2.90. The molecular formula is C9H13N3O2. The van der Waals surface area contributed by atoms with Crippen molar-refractivity contribution < 1.29 is 9.63 Å². The van der Waals surface area contributed by atoms with Crippen LogP contribution < -0.4 is 0 Å². The van der Waals surface area contributed by atoms with Crippen molar-refractivity contribution in [1.29, 1.82) is 0 Å². The van der Waals surface area contributed by atoms with Crippen molar-refractivity contribution in [3.05, 3.63) is 23.8 Å². The molecule has 0 N–H and O–H groups in total. The van der Waals surface area contributed by atoms with Crippen LogP contribution >= 0.6 is 0 Å². The molecule has 1 heterocycles. The molecule has 0 saturated carbocycles. The molecule has 5 heteroatoms. The van der Waals surface area contributed by atoms with Crippen LogP contribution in [-0.2, 0) is 16.1 Å². The van der Waals surface area contributed by atoms with Gasteiger partial charge in [0.15, 0.2) is 0 Å². The summed E-state index contributed by atoms with van der Waals surface area (Å²) in [6.07, 6.45) is 3.43. The zero-order chi connectivity index (χ0) is 10.6. The van der Waals surface area contributed by atoms with Crippen molar-refractivity contribution in [3.63, 3.8) is 0 Å². The quantitative estimate of drug-likeness (QED) is 0.653. The second-order valence-corrected chi connectivity index (χ2v) is 2.90. The van der Waals surface area contributed by atoms with Gasteiger partial charge < -0.3 is 0 Å². The maximum absolute atomic E-state index is 11.4. The molecule has 1 amide bonds. The summed E-state index contributed by atoms with van der Waals surface area (Å²) in [5, 5.41) is 1.17. The smallest absolute Gasteiger partial charge is 0.251 e. The van der Waals surface area contributed by atoms with E-state index in [2.05, 4.69) is 9.97 Å². The van der Waals surface area contributed by atoms with Gasteiger partial charge >= 0.3 is 0 Å². The third-order valence-electron chi connectivity index (χ3n) is 1.79. The van der Waals surface area contributed by atoms with Crippen LogP contribution in [0.3, 0.4) is 0 Å². The lowest BCUT2D eigenvalue weighted by molar-refractivity contribution is -0.167. The highest BCUT2D eigenvalue weighted by Gasteiger charge is 2.09. The van der Waals surface area contributed by atoms with Gasteiger partial charge in [0.2, 0.25) is 0 Å². The summed E-state index contributed by atoms with van der Waals surface area (Å²) in [7, 11) is 3.00. The highest BCUT2D eigenvalue weighted by atomic mass is 16.7. The van der Waals surface area contributed by atoms with Crippen LogP contribution in [0.4, 0.5) is 0 Å². The predicted octanol–water partition coefficient (Wildman–Crippen LogP) is 0.347. The van der Waals surface area contributed by atoms with E-state index in [-0.39, 0.29) is 12.3 Å². The van der Waals surface area contributed by atoms with Gasteiger partial charge in [0.1, 0.15) is 0 Å². The van der Waals surface area contributed by atoms with Crippen LogP contribution in [-0.4, -0.2) is 35.1 Å². The minimum atomic E-state index is -0.148. The average molecular weight is 195 g/mol. The number of carbonyl (C=O) groups excluding carboxylic acids is 1. The summed E-state index contributed by atoms with van der Waals surface area (Å²) >= 11 is 0. The molecule has 0 aliphatic carbocycles.